The molecule has 0 bridgehead atoms. The lowest BCUT2D eigenvalue weighted by molar-refractivity contribution is -0.118. The smallest absolute Gasteiger partial charge is 0.251 e. The Morgan fingerprint density at radius 1 is 1.24 bits per heavy atom. The first-order valence-corrected chi connectivity index (χ1v) is 12.0. The molecule has 10 heteroatoms. The Kier molecular flexibility index (Phi) is 7.19. The number of hydrogen-bond acceptors (Lipinski definition) is 5. The van der Waals surface area contributed by atoms with Gasteiger partial charge in [0.2, 0.25) is 21.8 Å². The van der Waals surface area contributed by atoms with E-state index in [4.69, 9.17) is 0 Å². The number of nitrogens with one attached hydrogen (secondary N) is 3. The SMILES string of the molecule is C=C(/C=C\C(=C)S(=O)(=O)N1CC[C@H](NC(=O)c2ccc3c(c2)CC(=O)N3)C[C@@H]1C)NC(C)=O. The van der Waals surface area contributed by atoms with Gasteiger partial charge in [-0.25, -0.2) is 8.42 Å². The Hall–Kier alpha value is -3.24. The van der Waals surface area contributed by atoms with Crippen molar-refractivity contribution in [2.24, 2.45) is 0 Å². The van der Waals surface area contributed by atoms with Crippen LogP contribution in [0.3, 0.4) is 0 Å². The minimum absolute atomic E-state index is 0.0965. The van der Waals surface area contributed by atoms with Crippen molar-refractivity contribution in [2.75, 3.05) is 11.9 Å². The van der Waals surface area contributed by atoms with Gasteiger partial charge in [-0.2, -0.15) is 4.31 Å². The molecule has 2 aliphatic heterocycles. The van der Waals surface area contributed by atoms with Crippen molar-refractivity contribution in [1.82, 2.24) is 14.9 Å². The van der Waals surface area contributed by atoms with Crippen molar-refractivity contribution < 1.29 is 22.8 Å². The number of piperidine rings is 1. The lowest BCUT2D eigenvalue weighted by atomic mass is 10.00. The zero-order valence-electron chi connectivity index (χ0n) is 18.7. The van der Waals surface area contributed by atoms with Crippen LogP contribution < -0.4 is 16.0 Å². The molecule has 1 fully saturated rings. The predicted octanol–water partition coefficient (Wildman–Crippen LogP) is 1.81. The van der Waals surface area contributed by atoms with Crippen LogP contribution in [0.5, 0.6) is 0 Å². The van der Waals surface area contributed by atoms with E-state index in [2.05, 4.69) is 29.1 Å². The molecule has 2 aliphatic rings. The first-order chi connectivity index (χ1) is 15.5. The minimum Gasteiger partial charge on any atom is -0.349 e. The molecule has 1 saturated heterocycles. The molecule has 1 aromatic rings. The molecule has 0 radical (unpaired) electrons. The zero-order valence-corrected chi connectivity index (χ0v) is 19.5. The molecule has 33 heavy (non-hydrogen) atoms. The fourth-order valence-electron chi connectivity index (χ4n) is 3.98. The molecule has 0 aliphatic carbocycles. The van der Waals surface area contributed by atoms with E-state index in [0.29, 0.717) is 18.4 Å². The molecular weight excluding hydrogens is 444 g/mol. The van der Waals surface area contributed by atoms with Gasteiger partial charge in [0.15, 0.2) is 0 Å². The largest absolute Gasteiger partial charge is 0.349 e. The number of allylic oxidation sites excluding steroid dienone is 2. The summed E-state index contributed by atoms with van der Waals surface area (Å²) in [5, 5.41) is 8.17. The average Bonchev–Trinajstić information content (AvgIpc) is 3.10. The van der Waals surface area contributed by atoms with Crippen molar-refractivity contribution in [3.63, 3.8) is 0 Å². The summed E-state index contributed by atoms with van der Waals surface area (Å²) in [6.45, 7) is 10.6. The van der Waals surface area contributed by atoms with E-state index in [1.165, 1.54) is 23.4 Å². The second kappa shape index (κ2) is 9.72. The van der Waals surface area contributed by atoms with Crippen LogP contribution >= 0.6 is 0 Å². The van der Waals surface area contributed by atoms with Crippen LogP contribution in [0.15, 0.2) is 54.1 Å². The van der Waals surface area contributed by atoms with Crippen LogP contribution in [-0.4, -0.2) is 49.1 Å². The summed E-state index contributed by atoms with van der Waals surface area (Å²) < 4.78 is 27.3. The Balaban J connectivity index is 1.59. The van der Waals surface area contributed by atoms with Gasteiger partial charge in [0.25, 0.3) is 5.91 Å². The van der Waals surface area contributed by atoms with Gasteiger partial charge >= 0.3 is 0 Å². The first kappa shape index (κ1) is 24.4. The van der Waals surface area contributed by atoms with E-state index < -0.39 is 10.0 Å². The summed E-state index contributed by atoms with van der Waals surface area (Å²) in [5.74, 6) is -0.656. The molecule has 0 unspecified atom stereocenters. The van der Waals surface area contributed by atoms with Gasteiger partial charge in [0.1, 0.15) is 0 Å². The lowest BCUT2D eigenvalue weighted by Crippen LogP contribution is -2.50. The highest BCUT2D eigenvalue weighted by Crippen LogP contribution is 2.26. The Bertz CT molecular complexity index is 1160. The van der Waals surface area contributed by atoms with E-state index in [9.17, 15) is 22.8 Å². The molecule has 0 saturated carbocycles. The monoisotopic (exact) mass is 472 g/mol. The molecule has 3 N–H and O–H groups in total. The maximum Gasteiger partial charge on any atom is 0.251 e. The maximum atomic E-state index is 13.0. The fourth-order valence-corrected chi connectivity index (χ4v) is 5.42. The summed E-state index contributed by atoms with van der Waals surface area (Å²) in [4.78, 5) is 35.2. The number of amides is 3. The van der Waals surface area contributed by atoms with Crippen molar-refractivity contribution >= 4 is 33.4 Å². The van der Waals surface area contributed by atoms with Gasteiger partial charge in [-0.1, -0.05) is 13.2 Å². The van der Waals surface area contributed by atoms with E-state index in [1.54, 1.807) is 25.1 Å². The van der Waals surface area contributed by atoms with E-state index in [-0.39, 0.29) is 53.4 Å². The molecule has 0 aromatic heterocycles. The van der Waals surface area contributed by atoms with E-state index >= 15 is 0 Å². The van der Waals surface area contributed by atoms with Crippen molar-refractivity contribution in [2.45, 2.75) is 45.2 Å². The van der Waals surface area contributed by atoms with Crippen LogP contribution in [-0.2, 0) is 26.0 Å². The maximum absolute atomic E-state index is 13.0. The number of nitrogens with zero attached hydrogens (tertiary/aromatic N) is 1. The molecule has 2 atom stereocenters. The van der Waals surface area contributed by atoms with Gasteiger partial charge in [-0.3, -0.25) is 14.4 Å². The Morgan fingerprint density at radius 3 is 2.64 bits per heavy atom. The number of rotatable bonds is 7. The number of anilines is 1. The number of hydrogen-bond donors (Lipinski definition) is 3. The van der Waals surface area contributed by atoms with Crippen LogP contribution in [0.25, 0.3) is 0 Å². The van der Waals surface area contributed by atoms with Crippen molar-refractivity contribution in [1.29, 1.82) is 0 Å². The minimum atomic E-state index is -3.80. The third-order valence-corrected chi connectivity index (χ3v) is 7.55. The highest BCUT2D eigenvalue weighted by atomic mass is 32.2. The Morgan fingerprint density at radius 2 is 1.97 bits per heavy atom. The second-order valence-corrected chi connectivity index (χ2v) is 10.2. The third kappa shape index (κ3) is 5.77. The van der Waals surface area contributed by atoms with Gasteiger partial charge in [0.05, 0.1) is 11.3 Å². The van der Waals surface area contributed by atoms with E-state index in [0.717, 1.165) is 11.3 Å². The first-order valence-electron chi connectivity index (χ1n) is 10.6. The Labute approximate surface area is 193 Å². The van der Waals surface area contributed by atoms with Gasteiger partial charge < -0.3 is 16.0 Å². The topological polar surface area (TPSA) is 125 Å². The number of sulfonamides is 1. The molecule has 3 amide bonds. The second-order valence-electron chi connectivity index (χ2n) is 8.26. The van der Waals surface area contributed by atoms with Crippen LogP contribution in [0.1, 0.15) is 42.6 Å². The third-order valence-electron chi connectivity index (χ3n) is 5.59. The number of carbonyl (C=O) groups excluding carboxylic acids is 3. The van der Waals surface area contributed by atoms with Crippen LogP contribution in [0, 0.1) is 0 Å². The number of carbonyl (C=O) groups is 3. The fraction of sp³-hybridized carbons (Fsp3) is 0.348. The summed E-state index contributed by atoms with van der Waals surface area (Å²) in [7, 11) is -3.80. The quantitative estimate of drug-likeness (QED) is 0.522. The molecule has 0 spiro atoms. The average molecular weight is 473 g/mol. The summed E-state index contributed by atoms with van der Waals surface area (Å²) >= 11 is 0. The highest BCUT2D eigenvalue weighted by Gasteiger charge is 2.35. The van der Waals surface area contributed by atoms with Crippen molar-refractivity contribution in [3.8, 4) is 0 Å². The normalized spacial score (nSPS) is 20.7. The van der Waals surface area contributed by atoms with Crippen molar-refractivity contribution in [3.05, 3.63) is 65.2 Å². The standard InChI is InChI=1S/C23H28N4O5S/c1-14(24-17(4)28)5-6-16(3)33(31,32)27-10-9-20(11-15(27)2)25-23(30)18-7-8-21-19(12-18)13-22(29)26-21/h5-8,12,15,20H,1,3,9-11,13H2,2,4H3,(H,24,28)(H,25,30)(H,26,29)/b6-5-/t15-,20-/m0/s1. The zero-order chi connectivity index (χ0) is 24.3. The molecule has 9 nitrogen and oxygen atoms in total. The summed E-state index contributed by atoms with van der Waals surface area (Å²) in [6, 6.07) is 4.55. The predicted molar refractivity (Wildman–Crippen MR) is 126 cm³/mol. The van der Waals surface area contributed by atoms with Gasteiger partial charge in [-0.05, 0) is 55.7 Å². The van der Waals surface area contributed by atoms with Gasteiger partial charge in [-0.15, -0.1) is 0 Å². The highest BCUT2D eigenvalue weighted by molar-refractivity contribution is 7.93. The molecular formula is C23H28N4O5S. The summed E-state index contributed by atoms with van der Waals surface area (Å²) in [6.07, 6.45) is 3.85. The molecule has 2 heterocycles. The van der Waals surface area contributed by atoms with Gasteiger partial charge in [0, 0.05) is 42.5 Å². The lowest BCUT2D eigenvalue weighted by Gasteiger charge is -2.37. The summed E-state index contributed by atoms with van der Waals surface area (Å²) in [5.41, 5.74) is 2.24. The number of fused-ring (bicyclic) bond motifs is 1. The van der Waals surface area contributed by atoms with E-state index in [1.807, 2.05) is 0 Å². The molecule has 176 valence electrons. The molecule has 3 rings (SSSR count). The number of benzene rings is 1. The van der Waals surface area contributed by atoms with Crippen LogP contribution in [0.2, 0.25) is 0 Å². The molecule has 1 aromatic carbocycles. The van der Waals surface area contributed by atoms with Crippen LogP contribution in [0.4, 0.5) is 5.69 Å².